The Bertz CT molecular complexity index is 140. The van der Waals surface area contributed by atoms with E-state index in [1.54, 1.807) is 0 Å². The fraction of sp³-hybridized carbons (Fsp3) is 1.00. The molecule has 0 radical (unpaired) electrons. The Morgan fingerprint density at radius 2 is 2.25 bits per heavy atom. The van der Waals surface area contributed by atoms with Crippen molar-refractivity contribution in [3.8, 4) is 0 Å². The van der Waals surface area contributed by atoms with Crippen LogP contribution in [-0.2, 0) is 11.4 Å². The molecule has 1 heterocycles. The Balaban J connectivity index is 2.35. The first-order chi connectivity index (χ1) is 5.61. The van der Waals surface area contributed by atoms with Crippen molar-refractivity contribution in [3.63, 3.8) is 0 Å². The van der Waals surface area contributed by atoms with E-state index in [2.05, 4.69) is 25.1 Å². The molecule has 1 aliphatic heterocycles. The zero-order valence-electron chi connectivity index (χ0n) is 8.25. The van der Waals surface area contributed by atoms with Gasteiger partial charge in [0.05, 0.1) is 6.04 Å². The van der Waals surface area contributed by atoms with Crippen LogP contribution in [0.2, 0.25) is 0 Å². The predicted octanol–water partition coefficient (Wildman–Crippen LogP) is 1.79. The molecule has 1 rings (SSSR count). The van der Waals surface area contributed by atoms with Gasteiger partial charge in [-0.1, -0.05) is 13.8 Å². The van der Waals surface area contributed by atoms with E-state index in [-0.39, 0.29) is 0 Å². The second-order valence-corrected chi connectivity index (χ2v) is 5.46. The highest BCUT2D eigenvalue weighted by Gasteiger charge is 2.30. The second-order valence-electron chi connectivity index (χ2n) is 4.01. The van der Waals surface area contributed by atoms with Crippen molar-refractivity contribution in [3.05, 3.63) is 0 Å². The monoisotopic (exact) mass is 189 g/mol. The van der Waals surface area contributed by atoms with Crippen LogP contribution in [0, 0.1) is 5.92 Å². The standard InChI is InChI=1S/C9H19NOS/c1-8(2)7-12(11)10-6-4-5-9(10)3/h8-9H,4-7H2,1-3H3/t9-,12?/m1/s1. The van der Waals surface area contributed by atoms with Gasteiger partial charge in [-0.3, -0.25) is 0 Å². The van der Waals surface area contributed by atoms with Crippen LogP contribution in [0.3, 0.4) is 0 Å². The van der Waals surface area contributed by atoms with Crippen LogP contribution in [-0.4, -0.2) is 27.2 Å². The van der Waals surface area contributed by atoms with Gasteiger partial charge in [0, 0.05) is 17.9 Å². The maximum atomic E-state index is 11.7. The van der Waals surface area contributed by atoms with Gasteiger partial charge in [0.1, 0.15) is 5.75 Å². The van der Waals surface area contributed by atoms with Crippen LogP contribution in [0.5, 0.6) is 0 Å². The molecule has 0 aliphatic carbocycles. The maximum Gasteiger partial charge on any atom is 0.128 e. The van der Waals surface area contributed by atoms with Crippen LogP contribution >= 0.6 is 0 Å². The summed E-state index contributed by atoms with van der Waals surface area (Å²) in [4.78, 5) is 0. The highest BCUT2D eigenvalue weighted by atomic mass is 32.2. The summed E-state index contributed by atoms with van der Waals surface area (Å²) in [5, 5.41) is 0. The predicted molar refractivity (Wildman–Crippen MR) is 53.2 cm³/mol. The van der Waals surface area contributed by atoms with E-state index < -0.39 is 11.4 Å². The average Bonchev–Trinajstić information content (AvgIpc) is 2.33. The number of hydrogen-bond acceptors (Lipinski definition) is 2. The third-order valence-electron chi connectivity index (χ3n) is 2.23. The lowest BCUT2D eigenvalue weighted by Crippen LogP contribution is -2.36. The van der Waals surface area contributed by atoms with Crippen molar-refractivity contribution >= 4 is 11.4 Å². The van der Waals surface area contributed by atoms with Gasteiger partial charge in [0.2, 0.25) is 0 Å². The number of hydrogen-bond donors (Lipinski definition) is 0. The van der Waals surface area contributed by atoms with Crippen LogP contribution in [0.25, 0.3) is 0 Å². The first-order valence-corrected chi connectivity index (χ1v) is 6.04. The quantitative estimate of drug-likeness (QED) is 0.633. The summed E-state index contributed by atoms with van der Waals surface area (Å²) in [6, 6.07) is 0.532. The van der Waals surface area contributed by atoms with E-state index >= 15 is 0 Å². The van der Waals surface area contributed by atoms with E-state index in [0.29, 0.717) is 12.0 Å². The summed E-state index contributed by atoms with van der Waals surface area (Å²) in [6.45, 7) is 7.45. The highest BCUT2D eigenvalue weighted by molar-refractivity contribution is 7.89. The molecule has 0 spiro atoms. The molecule has 1 aliphatic rings. The van der Waals surface area contributed by atoms with E-state index in [4.69, 9.17) is 0 Å². The Hall–Kier alpha value is 0.270. The molecule has 0 bridgehead atoms. The van der Waals surface area contributed by atoms with E-state index in [1.807, 2.05) is 0 Å². The molecule has 0 aromatic rings. The molecular weight excluding hydrogens is 170 g/mol. The number of nitrogens with zero attached hydrogens (tertiary/aromatic N) is 1. The lowest BCUT2D eigenvalue weighted by Gasteiger charge is -2.24. The van der Waals surface area contributed by atoms with Crippen LogP contribution < -0.4 is 0 Å². The molecule has 2 nitrogen and oxygen atoms in total. The van der Waals surface area contributed by atoms with Gasteiger partial charge < -0.3 is 4.55 Å². The minimum Gasteiger partial charge on any atom is -0.598 e. The summed E-state index contributed by atoms with van der Waals surface area (Å²) in [5.41, 5.74) is 0. The molecule has 0 N–H and O–H groups in total. The third-order valence-corrected chi connectivity index (χ3v) is 4.25. The Morgan fingerprint density at radius 1 is 1.58 bits per heavy atom. The number of rotatable bonds is 3. The lowest BCUT2D eigenvalue weighted by molar-refractivity contribution is 0.404. The largest absolute Gasteiger partial charge is 0.598 e. The highest BCUT2D eigenvalue weighted by Crippen LogP contribution is 2.21. The Labute approximate surface area is 78.6 Å². The zero-order chi connectivity index (χ0) is 9.14. The molecule has 12 heavy (non-hydrogen) atoms. The van der Waals surface area contributed by atoms with Crippen molar-refractivity contribution in [2.75, 3.05) is 12.3 Å². The molecule has 1 unspecified atom stereocenters. The van der Waals surface area contributed by atoms with Crippen molar-refractivity contribution in [2.45, 2.75) is 39.7 Å². The Kier molecular flexibility index (Phi) is 3.87. The summed E-state index contributed by atoms with van der Waals surface area (Å²) in [7, 11) is 0. The lowest BCUT2D eigenvalue weighted by atomic mass is 10.3. The van der Waals surface area contributed by atoms with Gasteiger partial charge in [-0.15, -0.1) is 4.31 Å². The van der Waals surface area contributed by atoms with Gasteiger partial charge in [-0.25, -0.2) is 0 Å². The third kappa shape index (κ3) is 2.64. The van der Waals surface area contributed by atoms with Gasteiger partial charge >= 0.3 is 0 Å². The van der Waals surface area contributed by atoms with Crippen molar-refractivity contribution < 1.29 is 4.55 Å². The van der Waals surface area contributed by atoms with E-state index in [1.165, 1.54) is 12.8 Å². The Morgan fingerprint density at radius 3 is 2.67 bits per heavy atom. The average molecular weight is 189 g/mol. The normalized spacial score (nSPS) is 28.2. The molecule has 0 amide bonds. The topological polar surface area (TPSA) is 26.3 Å². The fourth-order valence-corrected chi connectivity index (χ4v) is 3.19. The summed E-state index contributed by atoms with van der Waals surface area (Å²) in [5.74, 6) is 1.36. The summed E-state index contributed by atoms with van der Waals surface area (Å²) >= 11 is -0.722. The van der Waals surface area contributed by atoms with Crippen molar-refractivity contribution in [1.82, 2.24) is 4.31 Å². The van der Waals surface area contributed by atoms with Gasteiger partial charge in [0.15, 0.2) is 0 Å². The maximum absolute atomic E-state index is 11.7. The van der Waals surface area contributed by atoms with E-state index in [9.17, 15) is 4.55 Å². The summed E-state index contributed by atoms with van der Waals surface area (Å²) < 4.78 is 13.8. The molecule has 72 valence electrons. The fourth-order valence-electron chi connectivity index (χ4n) is 1.59. The minimum atomic E-state index is -0.722. The first-order valence-electron chi connectivity index (χ1n) is 4.76. The smallest absolute Gasteiger partial charge is 0.128 e. The molecule has 3 heteroatoms. The second kappa shape index (κ2) is 4.49. The molecule has 0 saturated carbocycles. The summed E-state index contributed by atoms with van der Waals surface area (Å²) in [6.07, 6.45) is 2.43. The molecule has 0 aromatic heterocycles. The van der Waals surface area contributed by atoms with Gasteiger partial charge in [-0.05, 0) is 25.7 Å². The van der Waals surface area contributed by atoms with Crippen molar-refractivity contribution in [2.24, 2.45) is 5.92 Å². The SMILES string of the molecule is CC(C)C[S+]([O-])N1CCC[C@H]1C. The van der Waals surface area contributed by atoms with Gasteiger partial charge in [-0.2, -0.15) is 0 Å². The molecule has 2 atom stereocenters. The van der Waals surface area contributed by atoms with Gasteiger partial charge in [0.25, 0.3) is 0 Å². The van der Waals surface area contributed by atoms with Crippen LogP contribution in [0.1, 0.15) is 33.6 Å². The molecule has 1 saturated heterocycles. The minimum absolute atomic E-state index is 0.532. The molecular formula is C9H19NOS. The van der Waals surface area contributed by atoms with Crippen molar-refractivity contribution in [1.29, 1.82) is 0 Å². The zero-order valence-corrected chi connectivity index (χ0v) is 9.06. The van der Waals surface area contributed by atoms with E-state index in [0.717, 1.165) is 12.3 Å². The molecule has 0 aromatic carbocycles. The van der Waals surface area contributed by atoms with Crippen LogP contribution in [0.15, 0.2) is 0 Å². The molecule has 1 fully saturated rings. The van der Waals surface area contributed by atoms with Crippen LogP contribution in [0.4, 0.5) is 0 Å². The first kappa shape index (κ1) is 10.4.